The summed E-state index contributed by atoms with van der Waals surface area (Å²) >= 11 is 0. The van der Waals surface area contributed by atoms with E-state index in [1.54, 1.807) is 0 Å². The number of hydrogen-bond acceptors (Lipinski definition) is 2. The van der Waals surface area contributed by atoms with Gasteiger partial charge >= 0.3 is 0 Å². The molecule has 6 atom stereocenters. The standard InChI is InChI=1S/C11H20O2/c1-6-3-4-8-5-7(2)11(13)9(8)10(6)12/h6-13H,3-5H2,1-2H3/t6-,7+,8?,9?,10?,11?/m0/s1. The predicted octanol–water partition coefficient (Wildman–Crippen LogP) is 1.41. The van der Waals surface area contributed by atoms with E-state index in [1.807, 2.05) is 0 Å². The number of rotatable bonds is 0. The molecule has 2 rings (SSSR count). The number of hydrogen-bond donors (Lipinski definition) is 2. The summed E-state index contributed by atoms with van der Waals surface area (Å²) in [6.45, 7) is 4.19. The third-order valence-corrected chi connectivity index (χ3v) is 4.17. The van der Waals surface area contributed by atoms with Gasteiger partial charge in [0.15, 0.2) is 0 Å². The van der Waals surface area contributed by atoms with Gasteiger partial charge in [0.1, 0.15) is 0 Å². The quantitative estimate of drug-likeness (QED) is 0.597. The highest BCUT2D eigenvalue weighted by Crippen LogP contribution is 2.46. The molecule has 2 heteroatoms. The Morgan fingerprint density at radius 3 is 2.23 bits per heavy atom. The highest BCUT2D eigenvalue weighted by molar-refractivity contribution is 4.97. The van der Waals surface area contributed by atoms with Crippen molar-refractivity contribution in [2.45, 2.75) is 45.3 Å². The fraction of sp³-hybridized carbons (Fsp3) is 1.00. The van der Waals surface area contributed by atoms with Crippen molar-refractivity contribution in [3.63, 3.8) is 0 Å². The maximum Gasteiger partial charge on any atom is 0.0621 e. The van der Waals surface area contributed by atoms with Crippen LogP contribution in [0.3, 0.4) is 0 Å². The molecular formula is C11H20O2. The Hall–Kier alpha value is -0.0800. The topological polar surface area (TPSA) is 40.5 Å². The predicted molar refractivity (Wildman–Crippen MR) is 51.2 cm³/mol. The molecule has 2 aliphatic rings. The van der Waals surface area contributed by atoms with Gasteiger partial charge in [0.2, 0.25) is 0 Å². The molecule has 2 N–H and O–H groups in total. The average molecular weight is 184 g/mol. The molecule has 0 aliphatic heterocycles. The molecule has 0 radical (unpaired) electrons. The highest BCUT2D eigenvalue weighted by atomic mass is 16.3. The molecule has 0 heterocycles. The van der Waals surface area contributed by atoms with Gasteiger partial charge in [0.25, 0.3) is 0 Å². The summed E-state index contributed by atoms with van der Waals surface area (Å²) in [5.41, 5.74) is 0. The van der Waals surface area contributed by atoms with Crippen LogP contribution in [0.1, 0.15) is 33.1 Å². The van der Waals surface area contributed by atoms with Gasteiger partial charge in [0, 0.05) is 5.92 Å². The van der Waals surface area contributed by atoms with E-state index >= 15 is 0 Å². The zero-order valence-corrected chi connectivity index (χ0v) is 8.48. The average Bonchev–Trinajstić information content (AvgIpc) is 2.37. The molecule has 13 heavy (non-hydrogen) atoms. The van der Waals surface area contributed by atoms with E-state index < -0.39 is 0 Å². The molecule has 0 saturated heterocycles. The highest BCUT2D eigenvalue weighted by Gasteiger charge is 2.47. The number of aliphatic hydroxyl groups is 2. The Morgan fingerprint density at radius 1 is 0.923 bits per heavy atom. The third kappa shape index (κ3) is 1.40. The zero-order chi connectivity index (χ0) is 9.59. The van der Waals surface area contributed by atoms with E-state index in [0.717, 1.165) is 12.8 Å². The van der Waals surface area contributed by atoms with Gasteiger partial charge in [-0.2, -0.15) is 0 Å². The van der Waals surface area contributed by atoms with Crippen LogP contribution in [0.15, 0.2) is 0 Å². The smallest absolute Gasteiger partial charge is 0.0621 e. The normalized spacial score (nSPS) is 56.3. The maximum atomic E-state index is 9.98. The van der Waals surface area contributed by atoms with Gasteiger partial charge < -0.3 is 10.2 Å². The molecule has 76 valence electrons. The summed E-state index contributed by atoms with van der Waals surface area (Å²) in [4.78, 5) is 0. The van der Waals surface area contributed by atoms with Gasteiger partial charge in [-0.15, -0.1) is 0 Å². The van der Waals surface area contributed by atoms with Crippen LogP contribution >= 0.6 is 0 Å². The van der Waals surface area contributed by atoms with Crippen molar-refractivity contribution in [2.24, 2.45) is 23.7 Å². The van der Waals surface area contributed by atoms with Crippen LogP contribution in [0.4, 0.5) is 0 Å². The lowest BCUT2D eigenvalue weighted by atomic mass is 9.74. The fourth-order valence-electron chi connectivity index (χ4n) is 3.25. The van der Waals surface area contributed by atoms with Gasteiger partial charge in [-0.25, -0.2) is 0 Å². The van der Waals surface area contributed by atoms with Gasteiger partial charge in [-0.1, -0.05) is 13.8 Å². The molecule has 2 saturated carbocycles. The van der Waals surface area contributed by atoms with Crippen LogP contribution < -0.4 is 0 Å². The van der Waals surface area contributed by atoms with E-state index in [-0.39, 0.29) is 18.1 Å². The van der Waals surface area contributed by atoms with E-state index in [2.05, 4.69) is 13.8 Å². The van der Waals surface area contributed by atoms with Crippen molar-refractivity contribution in [3.8, 4) is 0 Å². The first kappa shape index (κ1) is 9.47. The van der Waals surface area contributed by atoms with Crippen molar-refractivity contribution in [2.75, 3.05) is 0 Å². The van der Waals surface area contributed by atoms with Crippen LogP contribution in [0, 0.1) is 23.7 Å². The molecule has 0 aromatic rings. The molecule has 0 spiro atoms. The molecule has 0 bridgehead atoms. The fourth-order valence-corrected chi connectivity index (χ4v) is 3.25. The zero-order valence-electron chi connectivity index (χ0n) is 8.48. The van der Waals surface area contributed by atoms with Gasteiger partial charge in [0.05, 0.1) is 12.2 Å². The monoisotopic (exact) mass is 184 g/mol. The Kier molecular flexibility index (Phi) is 2.37. The minimum absolute atomic E-state index is 0.166. The summed E-state index contributed by atoms with van der Waals surface area (Å²) in [6.07, 6.45) is 2.91. The van der Waals surface area contributed by atoms with Crippen molar-refractivity contribution in [3.05, 3.63) is 0 Å². The summed E-state index contributed by atoms with van der Waals surface area (Å²) in [5, 5.41) is 19.9. The Balaban J connectivity index is 2.14. The SMILES string of the molecule is C[C@@H]1CC2CC[C@H](C)C(O)C2C1O. The first-order valence-corrected chi connectivity index (χ1v) is 5.47. The summed E-state index contributed by atoms with van der Waals surface area (Å²) in [6, 6.07) is 0. The molecular weight excluding hydrogens is 164 g/mol. The molecule has 4 unspecified atom stereocenters. The van der Waals surface area contributed by atoms with Crippen molar-refractivity contribution in [1.29, 1.82) is 0 Å². The molecule has 2 fully saturated rings. The first-order chi connectivity index (χ1) is 6.11. The second-order valence-corrected chi connectivity index (χ2v) is 5.09. The van der Waals surface area contributed by atoms with Crippen molar-refractivity contribution in [1.82, 2.24) is 0 Å². The number of fused-ring (bicyclic) bond motifs is 1. The first-order valence-electron chi connectivity index (χ1n) is 5.47. The van der Waals surface area contributed by atoms with Crippen LogP contribution in [0.25, 0.3) is 0 Å². The lowest BCUT2D eigenvalue weighted by Crippen LogP contribution is -2.40. The lowest BCUT2D eigenvalue weighted by Gasteiger charge is -2.36. The second-order valence-electron chi connectivity index (χ2n) is 5.09. The maximum absolute atomic E-state index is 9.98. The third-order valence-electron chi connectivity index (χ3n) is 4.17. The molecule has 0 amide bonds. The van der Waals surface area contributed by atoms with Crippen molar-refractivity contribution < 1.29 is 10.2 Å². The van der Waals surface area contributed by atoms with Gasteiger partial charge in [-0.05, 0) is 37.0 Å². The number of aliphatic hydroxyl groups excluding tert-OH is 2. The Labute approximate surface area is 80.0 Å². The minimum atomic E-state index is -0.265. The molecule has 0 aromatic heterocycles. The molecule has 0 aromatic carbocycles. The lowest BCUT2D eigenvalue weighted by molar-refractivity contribution is -0.0475. The Morgan fingerprint density at radius 2 is 1.54 bits per heavy atom. The van der Waals surface area contributed by atoms with E-state index in [1.165, 1.54) is 6.42 Å². The van der Waals surface area contributed by atoms with Crippen LogP contribution in [0.2, 0.25) is 0 Å². The van der Waals surface area contributed by atoms with E-state index in [4.69, 9.17) is 0 Å². The summed E-state index contributed by atoms with van der Waals surface area (Å²) in [5.74, 6) is 1.51. The molecule has 2 nitrogen and oxygen atoms in total. The Bertz CT molecular complexity index is 191. The van der Waals surface area contributed by atoms with Crippen molar-refractivity contribution >= 4 is 0 Å². The summed E-state index contributed by atoms with van der Waals surface area (Å²) < 4.78 is 0. The van der Waals surface area contributed by atoms with Crippen LogP contribution in [-0.4, -0.2) is 22.4 Å². The summed E-state index contributed by atoms with van der Waals surface area (Å²) in [7, 11) is 0. The molecule has 2 aliphatic carbocycles. The van der Waals surface area contributed by atoms with Gasteiger partial charge in [-0.3, -0.25) is 0 Å². The van der Waals surface area contributed by atoms with E-state index in [9.17, 15) is 10.2 Å². The van der Waals surface area contributed by atoms with Crippen LogP contribution in [-0.2, 0) is 0 Å². The van der Waals surface area contributed by atoms with Crippen LogP contribution in [0.5, 0.6) is 0 Å². The van der Waals surface area contributed by atoms with E-state index in [0.29, 0.717) is 17.8 Å². The largest absolute Gasteiger partial charge is 0.392 e. The second kappa shape index (κ2) is 3.25. The minimum Gasteiger partial charge on any atom is -0.392 e.